The second-order valence-corrected chi connectivity index (χ2v) is 10.5. The van der Waals surface area contributed by atoms with Gasteiger partial charge in [0, 0.05) is 43.4 Å². The van der Waals surface area contributed by atoms with E-state index in [1.165, 1.54) is 0 Å². The lowest BCUT2D eigenvalue weighted by Gasteiger charge is -2.16. The predicted molar refractivity (Wildman–Crippen MR) is 166 cm³/mol. The van der Waals surface area contributed by atoms with Crippen LogP contribution < -0.4 is 5.32 Å². The Labute approximate surface area is 247 Å². The minimum Gasteiger partial charge on any atom is -0.506 e. The summed E-state index contributed by atoms with van der Waals surface area (Å²) in [5.41, 5.74) is 3.39. The number of carbonyl (C=O) groups is 2. The topological polar surface area (TPSA) is 93.5 Å². The van der Waals surface area contributed by atoms with Gasteiger partial charge in [0.2, 0.25) is 0 Å². The molecule has 2 N–H and O–H groups in total. The summed E-state index contributed by atoms with van der Waals surface area (Å²) in [5.74, 6) is 0.0227. The number of amides is 1. The number of hydrogen-bond acceptors (Lipinski definition) is 5. The van der Waals surface area contributed by atoms with Gasteiger partial charge >= 0.3 is 0 Å². The van der Waals surface area contributed by atoms with Gasteiger partial charge < -0.3 is 15.2 Å². The number of phenolic OH excluding ortho intramolecular Hbond substituents is 1. The van der Waals surface area contributed by atoms with Crippen molar-refractivity contribution in [3.05, 3.63) is 89.1 Å². The van der Waals surface area contributed by atoms with E-state index in [-0.39, 0.29) is 23.0 Å². The molecule has 0 saturated heterocycles. The number of aromatic hydroxyl groups is 1. The van der Waals surface area contributed by atoms with Crippen LogP contribution in [0.5, 0.6) is 5.75 Å². The Kier molecular flexibility index (Phi) is 12.4. The lowest BCUT2D eigenvalue weighted by molar-refractivity contribution is 0.0933. The number of aromatic nitrogens is 2. The Morgan fingerprint density at radius 1 is 1.17 bits per heavy atom. The molecular formula is C33H40ClN3O4. The second kappa shape index (κ2) is 15.9. The smallest absolute Gasteiger partial charge is 0.255 e. The summed E-state index contributed by atoms with van der Waals surface area (Å²) in [6.45, 7) is 9.31. The third kappa shape index (κ3) is 8.90. The number of Topliss-reactive ketones (excluding diaryl/α,β-unsaturated/α-hetero) is 1. The Hall–Kier alpha value is -3.68. The summed E-state index contributed by atoms with van der Waals surface area (Å²) in [6, 6.07) is 10.9. The minimum absolute atomic E-state index is 0.0760. The Morgan fingerprint density at radius 2 is 1.90 bits per heavy atom. The molecule has 1 heterocycles. The fourth-order valence-electron chi connectivity index (χ4n) is 4.80. The largest absolute Gasteiger partial charge is 0.506 e. The maximum absolute atomic E-state index is 12.9. The number of rotatable bonds is 16. The van der Waals surface area contributed by atoms with E-state index in [1.54, 1.807) is 31.5 Å². The van der Waals surface area contributed by atoms with Crippen molar-refractivity contribution < 1.29 is 19.4 Å². The molecule has 7 nitrogen and oxygen atoms in total. The normalized spacial score (nSPS) is 12.9. The number of ether oxygens (including phenoxy) is 1. The molecule has 2 aromatic carbocycles. The lowest BCUT2D eigenvalue weighted by atomic mass is 9.94. The van der Waals surface area contributed by atoms with Crippen molar-refractivity contribution in [2.24, 2.45) is 5.92 Å². The number of nitrogens with zero attached hydrogens (tertiary/aromatic N) is 2. The molecule has 1 unspecified atom stereocenters. The molecular weight excluding hydrogens is 538 g/mol. The molecule has 41 heavy (non-hydrogen) atoms. The van der Waals surface area contributed by atoms with E-state index in [9.17, 15) is 14.7 Å². The van der Waals surface area contributed by atoms with Gasteiger partial charge in [-0.25, -0.2) is 0 Å². The highest BCUT2D eigenvalue weighted by Gasteiger charge is 2.17. The number of allylic oxidation sites excluding steroid dienone is 5. The van der Waals surface area contributed by atoms with Crippen LogP contribution in [0.2, 0.25) is 0 Å². The molecule has 1 amide bonds. The van der Waals surface area contributed by atoms with E-state index < -0.39 is 0 Å². The van der Waals surface area contributed by atoms with Crippen LogP contribution in [0.15, 0.2) is 72.4 Å². The Balaban J connectivity index is 1.61. The first kappa shape index (κ1) is 31.8. The Bertz CT molecular complexity index is 1410. The number of nitrogens with one attached hydrogen (secondary N) is 1. The van der Waals surface area contributed by atoms with Gasteiger partial charge in [0.25, 0.3) is 5.91 Å². The maximum atomic E-state index is 12.9. The monoisotopic (exact) mass is 577 g/mol. The van der Waals surface area contributed by atoms with Gasteiger partial charge in [-0.15, -0.1) is 0 Å². The molecule has 0 bridgehead atoms. The molecule has 0 saturated carbocycles. The van der Waals surface area contributed by atoms with Crippen LogP contribution in [0.4, 0.5) is 0 Å². The minimum atomic E-state index is -0.354. The zero-order valence-electron chi connectivity index (χ0n) is 24.2. The van der Waals surface area contributed by atoms with Crippen molar-refractivity contribution in [2.45, 2.75) is 52.5 Å². The number of benzene rings is 2. The van der Waals surface area contributed by atoms with Crippen molar-refractivity contribution in [2.75, 3.05) is 20.3 Å². The number of carbonyl (C=O) groups excluding carboxylic acids is 2. The third-order valence-electron chi connectivity index (χ3n) is 7.03. The van der Waals surface area contributed by atoms with Crippen molar-refractivity contribution in [3.63, 3.8) is 0 Å². The van der Waals surface area contributed by atoms with E-state index in [2.05, 4.69) is 23.9 Å². The molecule has 0 spiro atoms. The number of phenols is 1. The third-order valence-corrected chi connectivity index (χ3v) is 7.36. The molecule has 0 aliphatic heterocycles. The van der Waals surface area contributed by atoms with Crippen LogP contribution >= 0.6 is 11.6 Å². The average molecular weight is 578 g/mol. The number of methoxy groups -OCH3 is 1. The van der Waals surface area contributed by atoms with Gasteiger partial charge in [0.05, 0.1) is 23.1 Å². The van der Waals surface area contributed by atoms with Crippen LogP contribution in [0, 0.1) is 5.92 Å². The first-order valence-electron chi connectivity index (χ1n) is 14.1. The molecule has 218 valence electrons. The molecule has 0 fully saturated rings. The van der Waals surface area contributed by atoms with Crippen LogP contribution in [-0.2, 0) is 11.3 Å². The molecule has 8 heteroatoms. The molecule has 3 aromatic rings. The van der Waals surface area contributed by atoms with Gasteiger partial charge in [-0.1, -0.05) is 67.9 Å². The highest BCUT2D eigenvalue weighted by atomic mass is 35.5. The predicted octanol–water partition coefficient (Wildman–Crippen LogP) is 7.30. The lowest BCUT2D eigenvalue weighted by Crippen LogP contribution is -2.26. The van der Waals surface area contributed by atoms with Gasteiger partial charge in [-0.05, 0) is 61.4 Å². The summed E-state index contributed by atoms with van der Waals surface area (Å²) in [7, 11) is 1.56. The first-order valence-corrected chi connectivity index (χ1v) is 14.4. The van der Waals surface area contributed by atoms with Crippen LogP contribution in [0.25, 0.3) is 16.5 Å². The van der Waals surface area contributed by atoms with Gasteiger partial charge in [0.15, 0.2) is 5.78 Å². The summed E-state index contributed by atoms with van der Waals surface area (Å²) in [6.07, 6.45) is 11.4. The highest BCUT2D eigenvalue weighted by molar-refractivity contribution is 6.31. The quantitative estimate of drug-likeness (QED) is 0.106. The van der Waals surface area contributed by atoms with E-state index in [0.717, 1.165) is 36.8 Å². The van der Waals surface area contributed by atoms with Crippen molar-refractivity contribution >= 4 is 39.8 Å². The van der Waals surface area contributed by atoms with E-state index in [0.29, 0.717) is 53.5 Å². The summed E-state index contributed by atoms with van der Waals surface area (Å²) in [5, 5.41) is 19.3. The summed E-state index contributed by atoms with van der Waals surface area (Å²) >= 11 is 6.14. The van der Waals surface area contributed by atoms with Crippen molar-refractivity contribution in [1.82, 2.24) is 15.1 Å². The van der Waals surface area contributed by atoms with E-state index in [4.69, 9.17) is 16.3 Å². The van der Waals surface area contributed by atoms with Crippen molar-refractivity contribution in [3.8, 4) is 5.75 Å². The zero-order chi connectivity index (χ0) is 29.8. The molecule has 0 aliphatic carbocycles. The standard InChI is InChI=1S/C33H40ClN3O4/c1-5-9-23(10-8-11-31(38)26-14-12-25(13-15-26)24(6-2)20-27(34)7-3)21-37-22-29-30(36-37)17-16-28(32(29)39)33(40)35-18-19-41-4/h6-7,12-17,20,22-23,39H,2,5,8-11,18-19,21H2,1,3-4H3,(H,35,40)/b24-20+,27-7+. The van der Waals surface area contributed by atoms with Crippen molar-refractivity contribution in [1.29, 1.82) is 0 Å². The molecule has 0 radical (unpaired) electrons. The van der Waals surface area contributed by atoms with Crippen LogP contribution in [0.3, 0.4) is 0 Å². The zero-order valence-corrected chi connectivity index (χ0v) is 24.9. The van der Waals surface area contributed by atoms with E-state index in [1.807, 2.05) is 48.0 Å². The van der Waals surface area contributed by atoms with E-state index >= 15 is 0 Å². The van der Waals surface area contributed by atoms with Gasteiger partial charge in [-0.3, -0.25) is 14.3 Å². The second-order valence-electron chi connectivity index (χ2n) is 10.0. The molecule has 3 rings (SSSR count). The fraction of sp³-hybridized carbons (Fsp3) is 0.364. The number of halogens is 1. The van der Waals surface area contributed by atoms with Crippen LogP contribution in [-0.4, -0.2) is 46.8 Å². The highest BCUT2D eigenvalue weighted by Crippen LogP contribution is 2.29. The first-order chi connectivity index (χ1) is 19.8. The number of fused-ring (bicyclic) bond motifs is 1. The summed E-state index contributed by atoms with van der Waals surface area (Å²) in [4.78, 5) is 25.3. The Morgan fingerprint density at radius 3 is 2.56 bits per heavy atom. The fourth-order valence-corrected chi connectivity index (χ4v) is 4.92. The molecule has 0 aliphatic rings. The SMILES string of the molecule is C=C/C(=C\C(Cl)=C/C)c1ccc(C(=O)CCCC(CCC)Cn2cc3c(O)c(C(=O)NCCOC)ccc3n2)cc1. The number of hydrogen-bond donors (Lipinski definition) is 2. The van der Waals surface area contributed by atoms with Crippen LogP contribution in [0.1, 0.15) is 72.2 Å². The maximum Gasteiger partial charge on any atom is 0.255 e. The summed E-state index contributed by atoms with van der Waals surface area (Å²) < 4.78 is 6.80. The average Bonchev–Trinajstić information content (AvgIpc) is 3.39. The molecule has 1 aromatic heterocycles. The van der Waals surface area contributed by atoms with Gasteiger partial charge in [-0.2, -0.15) is 5.10 Å². The molecule has 1 atom stereocenters. The van der Waals surface area contributed by atoms with Gasteiger partial charge in [0.1, 0.15) is 5.75 Å². The number of ketones is 1.